The van der Waals surface area contributed by atoms with Gasteiger partial charge < -0.3 is 10.1 Å². The molecule has 1 N–H and O–H groups in total. The normalized spacial score (nSPS) is 15.3. The van der Waals surface area contributed by atoms with Gasteiger partial charge in [-0.25, -0.2) is 9.37 Å². The van der Waals surface area contributed by atoms with Crippen molar-refractivity contribution >= 4 is 28.6 Å². The van der Waals surface area contributed by atoms with Gasteiger partial charge >= 0.3 is 0 Å². The van der Waals surface area contributed by atoms with E-state index < -0.39 is 0 Å². The fourth-order valence-corrected chi connectivity index (χ4v) is 5.14. The fraction of sp³-hybridized carbons (Fsp3) is 0.250. The van der Waals surface area contributed by atoms with E-state index in [1.165, 1.54) is 23.9 Å². The number of nitrogens with zero attached hydrogens (tertiary/aromatic N) is 2. The van der Waals surface area contributed by atoms with Crippen LogP contribution in [0.5, 0.6) is 0 Å². The number of hydrogen-bond donors (Lipinski definition) is 1. The lowest BCUT2D eigenvalue weighted by molar-refractivity contribution is 0.0858. The highest BCUT2D eigenvalue weighted by atomic mass is 32.2. The number of thioether (sulfide) groups is 1. The molecule has 1 fully saturated rings. The van der Waals surface area contributed by atoms with Crippen molar-refractivity contribution in [1.29, 1.82) is 0 Å². The fourth-order valence-electron chi connectivity index (χ4n) is 4.18. The minimum atomic E-state index is -0.284. The highest BCUT2D eigenvalue weighted by Gasteiger charge is 2.17. The third-order valence-corrected chi connectivity index (χ3v) is 7.23. The molecule has 0 aliphatic carbocycles. The highest BCUT2D eigenvalue weighted by Crippen LogP contribution is 2.23. The largest absolute Gasteiger partial charge is 0.376 e. The third kappa shape index (κ3) is 5.66. The Labute approximate surface area is 212 Å². The molecule has 6 nitrogen and oxygen atoms in total. The lowest BCUT2D eigenvalue weighted by Gasteiger charge is -2.14. The zero-order valence-electron chi connectivity index (χ0n) is 19.7. The molecule has 1 atom stereocenters. The molecule has 2 heterocycles. The highest BCUT2D eigenvalue weighted by molar-refractivity contribution is 7.98. The number of carbonyl (C=O) groups excluding carboxylic acids is 1. The first-order valence-electron chi connectivity index (χ1n) is 11.9. The summed E-state index contributed by atoms with van der Waals surface area (Å²) in [4.78, 5) is 30.6. The van der Waals surface area contributed by atoms with Crippen LogP contribution in [0.2, 0.25) is 0 Å². The monoisotopic (exact) mass is 503 g/mol. The van der Waals surface area contributed by atoms with E-state index in [4.69, 9.17) is 9.72 Å². The summed E-state index contributed by atoms with van der Waals surface area (Å²) >= 11 is 1.43. The van der Waals surface area contributed by atoms with Crippen molar-refractivity contribution in [2.75, 3.05) is 13.2 Å². The van der Waals surface area contributed by atoms with Crippen LogP contribution in [0.1, 0.15) is 34.3 Å². The second kappa shape index (κ2) is 11.1. The van der Waals surface area contributed by atoms with Crippen LogP contribution in [-0.4, -0.2) is 34.7 Å². The van der Waals surface area contributed by atoms with Gasteiger partial charge in [0.25, 0.3) is 11.5 Å². The van der Waals surface area contributed by atoms with Crippen molar-refractivity contribution in [2.24, 2.45) is 0 Å². The van der Waals surface area contributed by atoms with Gasteiger partial charge in [0.05, 0.1) is 23.6 Å². The Kier molecular flexibility index (Phi) is 7.44. The van der Waals surface area contributed by atoms with E-state index in [1.807, 2.05) is 30.3 Å². The molecule has 184 valence electrons. The molecule has 1 aromatic heterocycles. The molecule has 0 bridgehead atoms. The van der Waals surface area contributed by atoms with Gasteiger partial charge in [-0.1, -0.05) is 48.2 Å². The molecular weight excluding hydrogens is 477 g/mol. The number of halogens is 1. The van der Waals surface area contributed by atoms with Crippen LogP contribution >= 0.6 is 11.8 Å². The average molecular weight is 504 g/mol. The summed E-state index contributed by atoms with van der Waals surface area (Å²) in [6.07, 6.45) is 2.09. The summed E-state index contributed by atoms with van der Waals surface area (Å²) in [7, 11) is 0. The number of carbonyl (C=O) groups is 1. The second-order valence-corrected chi connectivity index (χ2v) is 9.70. The predicted octanol–water partition coefficient (Wildman–Crippen LogP) is 4.79. The molecule has 0 radical (unpaired) electrons. The van der Waals surface area contributed by atoms with Gasteiger partial charge in [-0.05, 0) is 60.4 Å². The first-order chi connectivity index (χ1) is 17.6. The molecule has 0 spiro atoms. The van der Waals surface area contributed by atoms with Crippen molar-refractivity contribution in [1.82, 2.24) is 14.9 Å². The van der Waals surface area contributed by atoms with E-state index in [0.717, 1.165) is 30.6 Å². The second-order valence-electron chi connectivity index (χ2n) is 8.76. The smallest absolute Gasteiger partial charge is 0.262 e. The number of hydrogen-bond acceptors (Lipinski definition) is 5. The van der Waals surface area contributed by atoms with Crippen LogP contribution in [0.4, 0.5) is 4.39 Å². The molecule has 36 heavy (non-hydrogen) atoms. The van der Waals surface area contributed by atoms with Crippen molar-refractivity contribution in [3.05, 3.63) is 106 Å². The quantitative estimate of drug-likeness (QED) is 0.277. The maximum atomic E-state index is 13.4. The number of nitrogens with one attached hydrogen (secondary N) is 1. The maximum absolute atomic E-state index is 13.4. The molecule has 1 aliphatic rings. The molecule has 0 unspecified atom stereocenters. The molecular formula is C28H26FN3O3S. The van der Waals surface area contributed by atoms with E-state index in [0.29, 0.717) is 40.5 Å². The number of fused-ring (bicyclic) bond motifs is 1. The van der Waals surface area contributed by atoms with Crippen molar-refractivity contribution in [3.8, 4) is 0 Å². The standard InChI is InChI=1S/C28H26FN3O3S/c29-22-13-9-20(10-14-22)18-36-28-31-25-6-2-1-5-24(25)27(34)32(28)17-19-7-11-21(12-8-19)26(33)30-16-23-4-3-15-35-23/h1-2,5-14,23H,3-4,15-18H2,(H,30,33)/t23-/m0/s1. The predicted molar refractivity (Wildman–Crippen MR) is 139 cm³/mol. The summed E-state index contributed by atoms with van der Waals surface area (Å²) in [5, 5.41) is 4.06. The lowest BCUT2D eigenvalue weighted by atomic mass is 10.1. The minimum absolute atomic E-state index is 0.0892. The topological polar surface area (TPSA) is 73.2 Å². The van der Waals surface area contributed by atoms with E-state index in [1.54, 1.807) is 34.9 Å². The summed E-state index contributed by atoms with van der Waals surface area (Å²) in [5.41, 5.74) is 2.90. The van der Waals surface area contributed by atoms with Gasteiger partial charge in [0.1, 0.15) is 5.82 Å². The number of amides is 1. The van der Waals surface area contributed by atoms with E-state index in [-0.39, 0.29) is 23.4 Å². The van der Waals surface area contributed by atoms with Crippen LogP contribution in [0, 0.1) is 5.82 Å². The summed E-state index contributed by atoms with van der Waals surface area (Å²) < 4.78 is 20.5. The first-order valence-corrected chi connectivity index (χ1v) is 12.9. The van der Waals surface area contributed by atoms with E-state index in [9.17, 15) is 14.0 Å². The number of benzene rings is 3. The lowest BCUT2D eigenvalue weighted by Crippen LogP contribution is -2.31. The summed E-state index contributed by atoms with van der Waals surface area (Å²) in [6.45, 7) is 1.58. The van der Waals surface area contributed by atoms with Gasteiger partial charge in [-0.3, -0.25) is 14.2 Å². The molecule has 1 aliphatic heterocycles. The Hall–Kier alpha value is -3.49. The Bertz CT molecular complexity index is 1420. The average Bonchev–Trinajstić information content (AvgIpc) is 3.43. The summed E-state index contributed by atoms with van der Waals surface area (Å²) in [6, 6.07) is 20.9. The molecule has 4 aromatic rings. The Morgan fingerprint density at radius 1 is 1.06 bits per heavy atom. The molecule has 1 saturated heterocycles. The van der Waals surface area contributed by atoms with Crippen LogP contribution in [0.15, 0.2) is 82.7 Å². The minimum Gasteiger partial charge on any atom is -0.376 e. The molecule has 0 saturated carbocycles. The van der Waals surface area contributed by atoms with Crippen LogP contribution in [-0.2, 0) is 17.0 Å². The van der Waals surface area contributed by atoms with Crippen LogP contribution in [0.25, 0.3) is 10.9 Å². The van der Waals surface area contributed by atoms with Gasteiger partial charge in [0.15, 0.2) is 5.16 Å². The van der Waals surface area contributed by atoms with E-state index in [2.05, 4.69) is 5.32 Å². The molecule has 1 amide bonds. The van der Waals surface area contributed by atoms with Gasteiger partial charge in [0, 0.05) is 24.5 Å². The van der Waals surface area contributed by atoms with Crippen LogP contribution in [0.3, 0.4) is 0 Å². The number of rotatable bonds is 8. The van der Waals surface area contributed by atoms with Gasteiger partial charge in [-0.2, -0.15) is 0 Å². The zero-order chi connectivity index (χ0) is 24.9. The van der Waals surface area contributed by atoms with E-state index >= 15 is 0 Å². The molecule has 5 rings (SSSR count). The van der Waals surface area contributed by atoms with Crippen LogP contribution < -0.4 is 10.9 Å². The van der Waals surface area contributed by atoms with Crippen molar-refractivity contribution in [2.45, 2.75) is 36.4 Å². The Morgan fingerprint density at radius 3 is 2.56 bits per heavy atom. The Balaban J connectivity index is 1.35. The third-order valence-electron chi connectivity index (χ3n) is 6.18. The van der Waals surface area contributed by atoms with Gasteiger partial charge in [0.2, 0.25) is 0 Å². The van der Waals surface area contributed by atoms with Gasteiger partial charge in [-0.15, -0.1) is 0 Å². The molecule has 8 heteroatoms. The zero-order valence-corrected chi connectivity index (χ0v) is 20.5. The van der Waals surface area contributed by atoms with Crippen molar-refractivity contribution in [3.63, 3.8) is 0 Å². The molecule has 3 aromatic carbocycles. The SMILES string of the molecule is O=C(NC[C@@H]1CCCO1)c1ccc(Cn2c(SCc3ccc(F)cc3)nc3ccccc3c2=O)cc1. The van der Waals surface area contributed by atoms with Crippen molar-refractivity contribution < 1.29 is 13.9 Å². The number of para-hydroxylation sites is 1. The first kappa shape index (κ1) is 24.2. The maximum Gasteiger partial charge on any atom is 0.262 e. The Morgan fingerprint density at radius 2 is 1.81 bits per heavy atom. The summed E-state index contributed by atoms with van der Waals surface area (Å²) in [5.74, 6) is 0.125. The number of aromatic nitrogens is 2. The number of ether oxygens (including phenoxy) is 1.